The summed E-state index contributed by atoms with van der Waals surface area (Å²) in [7, 11) is 3.36. The van der Waals surface area contributed by atoms with E-state index in [0.29, 0.717) is 0 Å². The molecular formula is C21H21BrN2O2. The Balaban J connectivity index is 1.84. The number of methoxy groups -OCH3 is 2. The first-order valence-electron chi connectivity index (χ1n) is 8.29. The first-order chi connectivity index (χ1) is 12.7. The van der Waals surface area contributed by atoms with E-state index in [1.807, 2.05) is 30.5 Å². The van der Waals surface area contributed by atoms with Crippen LogP contribution in [0.3, 0.4) is 0 Å². The number of hydrogen-bond acceptors (Lipinski definition) is 4. The second-order valence-electron chi connectivity index (χ2n) is 5.91. The number of rotatable bonds is 7. The lowest BCUT2D eigenvalue weighted by Crippen LogP contribution is -2.22. The molecule has 4 nitrogen and oxygen atoms in total. The number of hydrogen-bond donors (Lipinski definition) is 0. The molecule has 0 unspecified atom stereocenters. The van der Waals surface area contributed by atoms with E-state index in [1.54, 1.807) is 20.4 Å². The van der Waals surface area contributed by atoms with Crippen molar-refractivity contribution < 1.29 is 9.47 Å². The van der Waals surface area contributed by atoms with E-state index in [4.69, 9.17) is 9.47 Å². The van der Waals surface area contributed by atoms with Gasteiger partial charge in [0.05, 0.1) is 26.1 Å². The Morgan fingerprint density at radius 1 is 0.808 bits per heavy atom. The summed E-state index contributed by atoms with van der Waals surface area (Å²) >= 11 is 3.52. The molecule has 0 amide bonds. The van der Waals surface area contributed by atoms with Crippen LogP contribution in [0.4, 0.5) is 5.69 Å². The van der Waals surface area contributed by atoms with Crippen LogP contribution in [0.2, 0.25) is 0 Å². The van der Waals surface area contributed by atoms with Crippen LogP contribution in [-0.4, -0.2) is 19.2 Å². The first-order valence-corrected chi connectivity index (χ1v) is 9.08. The van der Waals surface area contributed by atoms with Crippen LogP contribution in [0.15, 0.2) is 71.5 Å². The Morgan fingerprint density at radius 2 is 1.31 bits per heavy atom. The Morgan fingerprint density at radius 3 is 1.73 bits per heavy atom. The summed E-state index contributed by atoms with van der Waals surface area (Å²) in [6.45, 7) is 1.54. The van der Waals surface area contributed by atoms with Gasteiger partial charge in [0.15, 0.2) is 0 Å². The maximum Gasteiger partial charge on any atom is 0.118 e. The second-order valence-corrected chi connectivity index (χ2v) is 6.83. The molecule has 5 heteroatoms. The normalized spacial score (nSPS) is 10.4. The van der Waals surface area contributed by atoms with Gasteiger partial charge in [-0.05, 0) is 57.4 Å². The Kier molecular flexibility index (Phi) is 6.12. The fourth-order valence-electron chi connectivity index (χ4n) is 2.71. The zero-order valence-corrected chi connectivity index (χ0v) is 16.4. The molecule has 3 rings (SSSR count). The highest BCUT2D eigenvalue weighted by atomic mass is 79.9. The van der Waals surface area contributed by atoms with Crippen LogP contribution in [0.25, 0.3) is 0 Å². The van der Waals surface area contributed by atoms with Crippen molar-refractivity contribution in [3.8, 4) is 11.5 Å². The van der Waals surface area contributed by atoms with Crippen molar-refractivity contribution >= 4 is 21.6 Å². The van der Waals surface area contributed by atoms with Gasteiger partial charge < -0.3 is 14.4 Å². The summed E-state index contributed by atoms with van der Waals surface area (Å²) in [5.41, 5.74) is 3.48. The van der Waals surface area contributed by atoms with Gasteiger partial charge in [0.2, 0.25) is 0 Å². The molecule has 0 saturated heterocycles. The van der Waals surface area contributed by atoms with Crippen molar-refractivity contribution in [3.05, 3.63) is 82.6 Å². The van der Waals surface area contributed by atoms with Crippen molar-refractivity contribution in [2.45, 2.75) is 13.1 Å². The minimum absolute atomic E-state index is 0.772. The van der Waals surface area contributed by atoms with Gasteiger partial charge in [0, 0.05) is 23.8 Å². The molecule has 26 heavy (non-hydrogen) atoms. The number of aromatic nitrogens is 1. The van der Waals surface area contributed by atoms with E-state index in [1.165, 1.54) is 11.1 Å². The summed E-state index contributed by atoms with van der Waals surface area (Å²) in [5, 5.41) is 0. The average molecular weight is 413 g/mol. The zero-order valence-electron chi connectivity index (χ0n) is 14.9. The molecule has 134 valence electrons. The Bertz CT molecular complexity index is 786. The number of ether oxygens (including phenoxy) is 2. The summed E-state index contributed by atoms with van der Waals surface area (Å²) in [6.07, 6.45) is 3.68. The molecule has 3 aromatic rings. The molecule has 0 saturated carbocycles. The summed E-state index contributed by atoms with van der Waals surface area (Å²) in [4.78, 5) is 6.61. The van der Waals surface area contributed by atoms with Crippen molar-refractivity contribution in [1.29, 1.82) is 0 Å². The van der Waals surface area contributed by atoms with Crippen LogP contribution >= 0.6 is 15.9 Å². The van der Waals surface area contributed by atoms with Gasteiger partial charge in [0.1, 0.15) is 11.5 Å². The fraction of sp³-hybridized carbons (Fsp3) is 0.190. The minimum atomic E-state index is 0.772. The maximum atomic E-state index is 5.25. The highest BCUT2D eigenvalue weighted by Gasteiger charge is 2.10. The van der Waals surface area contributed by atoms with Gasteiger partial charge in [-0.3, -0.25) is 4.98 Å². The summed E-state index contributed by atoms with van der Waals surface area (Å²) in [6, 6.07) is 18.4. The van der Waals surface area contributed by atoms with Crippen LogP contribution in [0, 0.1) is 0 Å². The van der Waals surface area contributed by atoms with Crippen molar-refractivity contribution in [3.63, 3.8) is 0 Å². The minimum Gasteiger partial charge on any atom is -0.497 e. The van der Waals surface area contributed by atoms with Crippen LogP contribution in [-0.2, 0) is 13.1 Å². The molecular weight excluding hydrogens is 392 g/mol. The predicted molar refractivity (Wildman–Crippen MR) is 108 cm³/mol. The molecule has 0 aliphatic carbocycles. The number of benzene rings is 2. The van der Waals surface area contributed by atoms with Crippen LogP contribution in [0.1, 0.15) is 11.1 Å². The number of anilines is 1. The van der Waals surface area contributed by atoms with E-state index in [-0.39, 0.29) is 0 Å². The van der Waals surface area contributed by atoms with E-state index in [9.17, 15) is 0 Å². The van der Waals surface area contributed by atoms with Gasteiger partial charge in [-0.15, -0.1) is 0 Å². The summed E-state index contributed by atoms with van der Waals surface area (Å²) in [5.74, 6) is 1.72. The third-order valence-corrected chi connectivity index (χ3v) is 4.55. The molecule has 1 heterocycles. The van der Waals surface area contributed by atoms with Crippen LogP contribution < -0.4 is 14.4 Å². The zero-order chi connectivity index (χ0) is 18.4. The second kappa shape index (κ2) is 8.72. The lowest BCUT2D eigenvalue weighted by Gasteiger charge is -2.25. The molecule has 0 aliphatic rings. The number of pyridine rings is 1. The van der Waals surface area contributed by atoms with Crippen molar-refractivity contribution in [2.24, 2.45) is 0 Å². The van der Waals surface area contributed by atoms with Crippen LogP contribution in [0.5, 0.6) is 11.5 Å². The number of nitrogens with zero attached hydrogens (tertiary/aromatic N) is 2. The van der Waals surface area contributed by atoms with E-state index in [0.717, 1.165) is 34.7 Å². The molecule has 0 N–H and O–H groups in total. The van der Waals surface area contributed by atoms with Gasteiger partial charge in [0.25, 0.3) is 0 Å². The quantitative estimate of drug-likeness (QED) is 0.542. The van der Waals surface area contributed by atoms with Gasteiger partial charge in [-0.2, -0.15) is 0 Å². The van der Waals surface area contributed by atoms with Crippen molar-refractivity contribution in [1.82, 2.24) is 4.98 Å². The lowest BCUT2D eigenvalue weighted by molar-refractivity contribution is 0.414. The lowest BCUT2D eigenvalue weighted by atomic mass is 10.1. The Labute approximate surface area is 162 Å². The first kappa shape index (κ1) is 18.3. The maximum absolute atomic E-state index is 5.25. The van der Waals surface area contributed by atoms with Gasteiger partial charge in [-0.1, -0.05) is 24.3 Å². The topological polar surface area (TPSA) is 34.6 Å². The molecule has 0 fully saturated rings. The van der Waals surface area contributed by atoms with E-state index < -0.39 is 0 Å². The molecule has 0 bridgehead atoms. The average Bonchev–Trinajstić information content (AvgIpc) is 2.68. The highest BCUT2D eigenvalue weighted by molar-refractivity contribution is 9.10. The Hall–Kier alpha value is -2.53. The molecule has 2 aromatic carbocycles. The molecule has 0 spiro atoms. The molecule has 0 radical (unpaired) electrons. The van der Waals surface area contributed by atoms with E-state index >= 15 is 0 Å². The van der Waals surface area contributed by atoms with Crippen molar-refractivity contribution in [2.75, 3.05) is 19.1 Å². The monoisotopic (exact) mass is 412 g/mol. The van der Waals surface area contributed by atoms with E-state index in [2.05, 4.69) is 56.1 Å². The third kappa shape index (κ3) is 4.76. The fourth-order valence-corrected chi connectivity index (χ4v) is 3.07. The van der Waals surface area contributed by atoms with Gasteiger partial charge in [-0.25, -0.2) is 0 Å². The SMILES string of the molecule is COc1ccc(CN(Cc2ccc(OC)cc2)c2cncc(Br)c2)cc1. The smallest absolute Gasteiger partial charge is 0.118 e. The standard InChI is InChI=1S/C21H21BrN2O2/c1-25-20-7-3-16(4-8-20)14-24(19-11-18(22)12-23-13-19)15-17-5-9-21(26-2)10-6-17/h3-13H,14-15H2,1-2H3. The molecule has 0 atom stereocenters. The summed E-state index contributed by atoms with van der Waals surface area (Å²) < 4.78 is 11.5. The highest BCUT2D eigenvalue weighted by Crippen LogP contribution is 2.24. The third-order valence-electron chi connectivity index (χ3n) is 4.12. The molecule has 0 aliphatic heterocycles. The number of halogens is 1. The largest absolute Gasteiger partial charge is 0.497 e. The van der Waals surface area contributed by atoms with Gasteiger partial charge >= 0.3 is 0 Å². The molecule has 1 aromatic heterocycles. The predicted octanol–water partition coefficient (Wildman–Crippen LogP) is 5.07.